The Labute approximate surface area is 141 Å². The lowest BCUT2D eigenvalue weighted by Crippen LogP contribution is -2.42. The van der Waals surface area contributed by atoms with Gasteiger partial charge in [0.1, 0.15) is 12.4 Å². The highest BCUT2D eigenvalue weighted by molar-refractivity contribution is 7.09. The molecule has 1 amide bonds. The van der Waals surface area contributed by atoms with Gasteiger partial charge in [0.05, 0.1) is 10.7 Å². The van der Waals surface area contributed by atoms with Crippen molar-refractivity contribution in [3.05, 3.63) is 45.9 Å². The van der Waals surface area contributed by atoms with Crippen molar-refractivity contribution in [3.8, 4) is 5.75 Å². The lowest BCUT2D eigenvalue weighted by Gasteiger charge is -2.33. The molecule has 1 aromatic heterocycles. The highest BCUT2D eigenvalue weighted by Crippen LogP contribution is 2.22. The van der Waals surface area contributed by atoms with Crippen LogP contribution in [0.4, 0.5) is 0 Å². The van der Waals surface area contributed by atoms with Crippen LogP contribution in [0.15, 0.2) is 29.6 Å². The van der Waals surface area contributed by atoms with Gasteiger partial charge in [0.2, 0.25) is 0 Å². The number of benzene rings is 1. The number of rotatable bonds is 4. The number of piperidine rings is 1. The number of carbonyl (C=O) groups is 1. The van der Waals surface area contributed by atoms with E-state index in [0.717, 1.165) is 30.1 Å². The molecule has 1 aromatic carbocycles. The minimum atomic E-state index is 0.104. The smallest absolute Gasteiger partial charge is 0.254 e. The number of carbonyl (C=O) groups excluding carboxylic acids is 1. The molecule has 1 fully saturated rings. The Hall–Kier alpha value is -1.88. The van der Waals surface area contributed by atoms with Crippen LogP contribution < -0.4 is 4.74 Å². The van der Waals surface area contributed by atoms with Crippen LogP contribution in [-0.2, 0) is 6.61 Å². The molecule has 2 aromatic rings. The maximum absolute atomic E-state index is 12.7. The van der Waals surface area contributed by atoms with Crippen LogP contribution in [0, 0.1) is 6.92 Å². The normalized spacial score (nSPS) is 18.0. The summed E-state index contributed by atoms with van der Waals surface area (Å²) < 4.78 is 5.78. The average molecular weight is 330 g/mol. The summed E-state index contributed by atoms with van der Waals surface area (Å²) in [6, 6.07) is 7.78. The van der Waals surface area contributed by atoms with Crippen molar-refractivity contribution >= 4 is 17.2 Å². The molecule has 1 unspecified atom stereocenters. The molecule has 0 saturated carbocycles. The van der Waals surface area contributed by atoms with Gasteiger partial charge in [-0.15, -0.1) is 11.3 Å². The number of amides is 1. The Bertz CT molecular complexity index is 683. The van der Waals surface area contributed by atoms with E-state index in [1.54, 1.807) is 11.3 Å². The van der Waals surface area contributed by atoms with Crippen molar-refractivity contribution in [2.45, 2.75) is 45.8 Å². The quantitative estimate of drug-likeness (QED) is 0.849. The van der Waals surface area contributed by atoms with Crippen molar-refractivity contribution in [2.75, 3.05) is 6.54 Å². The van der Waals surface area contributed by atoms with E-state index in [-0.39, 0.29) is 5.91 Å². The molecule has 2 heterocycles. The third-order valence-corrected chi connectivity index (χ3v) is 5.02. The fraction of sp³-hybridized carbons (Fsp3) is 0.444. The summed E-state index contributed by atoms with van der Waals surface area (Å²) in [6.07, 6.45) is 3.39. The zero-order chi connectivity index (χ0) is 16.2. The zero-order valence-electron chi connectivity index (χ0n) is 13.6. The Balaban J connectivity index is 1.67. The topological polar surface area (TPSA) is 42.4 Å². The van der Waals surface area contributed by atoms with Gasteiger partial charge in [-0.25, -0.2) is 4.98 Å². The van der Waals surface area contributed by atoms with Gasteiger partial charge in [-0.2, -0.15) is 0 Å². The van der Waals surface area contributed by atoms with Crippen LogP contribution in [0.3, 0.4) is 0 Å². The molecular weight excluding hydrogens is 308 g/mol. The van der Waals surface area contributed by atoms with Crippen molar-refractivity contribution in [2.24, 2.45) is 0 Å². The van der Waals surface area contributed by atoms with Crippen LogP contribution in [0.1, 0.15) is 47.2 Å². The summed E-state index contributed by atoms with van der Waals surface area (Å²) in [5, 5.41) is 3.03. The van der Waals surface area contributed by atoms with Crippen molar-refractivity contribution < 1.29 is 9.53 Å². The highest BCUT2D eigenvalue weighted by atomic mass is 32.1. The first-order chi connectivity index (χ1) is 11.1. The zero-order valence-corrected chi connectivity index (χ0v) is 14.4. The number of aryl methyl sites for hydroxylation is 1. The van der Waals surface area contributed by atoms with E-state index in [0.29, 0.717) is 24.0 Å². The summed E-state index contributed by atoms with van der Waals surface area (Å²) in [5.74, 6) is 0.818. The van der Waals surface area contributed by atoms with E-state index in [1.807, 2.05) is 41.5 Å². The lowest BCUT2D eigenvalue weighted by molar-refractivity contribution is 0.0635. The SMILES string of the molecule is Cc1nc(COc2cccc(C(=O)N3CCCCC3C)c2)cs1. The predicted molar refractivity (Wildman–Crippen MR) is 92.0 cm³/mol. The van der Waals surface area contributed by atoms with Gasteiger partial charge in [-0.1, -0.05) is 6.07 Å². The van der Waals surface area contributed by atoms with Crippen LogP contribution in [0.2, 0.25) is 0 Å². The van der Waals surface area contributed by atoms with Crippen LogP contribution in [0.25, 0.3) is 0 Å². The largest absolute Gasteiger partial charge is 0.487 e. The Kier molecular flexibility index (Phi) is 4.96. The first-order valence-corrected chi connectivity index (χ1v) is 8.96. The molecule has 1 aliphatic rings. The Morgan fingerprint density at radius 3 is 3.04 bits per heavy atom. The second-order valence-electron chi connectivity index (χ2n) is 6.02. The molecule has 5 heteroatoms. The lowest BCUT2D eigenvalue weighted by atomic mass is 10.0. The van der Waals surface area contributed by atoms with Crippen molar-refractivity contribution in [1.29, 1.82) is 0 Å². The van der Waals surface area contributed by atoms with E-state index < -0.39 is 0 Å². The summed E-state index contributed by atoms with van der Waals surface area (Å²) in [6.45, 7) is 5.39. The molecule has 1 saturated heterocycles. The van der Waals surface area contributed by atoms with Crippen LogP contribution in [0.5, 0.6) is 5.75 Å². The maximum Gasteiger partial charge on any atom is 0.254 e. The first-order valence-electron chi connectivity index (χ1n) is 8.08. The number of nitrogens with zero attached hydrogens (tertiary/aromatic N) is 2. The van der Waals surface area contributed by atoms with E-state index in [2.05, 4.69) is 11.9 Å². The minimum Gasteiger partial charge on any atom is -0.487 e. The molecule has 0 bridgehead atoms. The van der Waals surface area contributed by atoms with Gasteiger partial charge in [0.15, 0.2) is 0 Å². The number of hydrogen-bond donors (Lipinski definition) is 0. The molecule has 0 aliphatic carbocycles. The fourth-order valence-electron chi connectivity index (χ4n) is 2.92. The standard InChI is InChI=1S/C18H22N2O2S/c1-13-6-3-4-9-20(13)18(21)15-7-5-8-17(10-15)22-11-16-12-23-14(2)19-16/h5,7-8,10,12-13H,3-4,6,9,11H2,1-2H3. The molecule has 0 N–H and O–H groups in total. The monoisotopic (exact) mass is 330 g/mol. The van der Waals surface area contributed by atoms with Gasteiger partial charge in [0.25, 0.3) is 5.91 Å². The second-order valence-corrected chi connectivity index (χ2v) is 7.08. The van der Waals surface area contributed by atoms with Crippen molar-refractivity contribution in [1.82, 2.24) is 9.88 Å². The summed E-state index contributed by atoms with van der Waals surface area (Å²) in [4.78, 5) is 19.1. The fourth-order valence-corrected chi connectivity index (χ4v) is 3.51. The van der Waals surface area contributed by atoms with E-state index in [1.165, 1.54) is 6.42 Å². The molecule has 4 nitrogen and oxygen atoms in total. The van der Waals surface area contributed by atoms with Crippen molar-refractivity contribution in [3.63, 3.8) is 0 Å². The molecule has 122 valence electrons. The molecular formula is C18H22N2O2S. The third-order valence-electron chi connectivity index (χ3n) is 4.20. The van der Waals surface area contributed by atoms with Crippen LogP contribution >= 0.6 is 11.3 Å². The second kappa shape index (κ2) is 7.13. The van der Waals surface area contributed by atoms with E-state index in [9.17, 15) is 4.79 Å². The van der Waals surface area contributed by atoms with Gasteiger partial charge in [0, 0.05) is 23.5 Å². The molecule has 0 radical (unpaired) electrons. The van der Waals surface area contributed by atoms with Gasteiger partial charge < -0.3 is 9.64 Å². The minimum absolute atomic E-state index is 0.104. The predicted octanol–water partition coefficient (Wildman–Crippen LogP) is 4.05. The number of ether oxygens (including phenoxy) is 1. The first kappa shape index (κ1) is 16.0. The molecule has 1 atom stereocenters. The summed E-state index contributed by atoms with van der Waals surface area (Å²) in [7, 11) is 0. The maximum atomic E-state index is 12.7. The van der Waals surface area contributed by atoms with Crippen LogP contribution in [-0.4, -0.2) is 28.4 Å². The summed E-state index contributed by atoms with van der Waals surface area (Å²) in [5.41, 5.74) is 1.62. The molecule has 0 spiro atoms. The Morgan fingerprint density at radius 1 is 1.43 bits per heavy atom. The van der Waals surface area contributed by atoms with E-state index in [4.69, 9.17) is 4.74 Å². The molecule has 3 rings (SSSR count). The van der Waals surface area contributed by atoms with E-state index >= 15 is 0 Å². The number of aromatic nitrogens is 1. The number of hydrogen-bond acceptors (Lipinski definition) is 4. The Morgan fingerprint density at radius 2 is 2.30 bits per heavy atom. The van der Waals surface area contributed by atoms with Gasteiger partial charge in [-0.05, 0) is 51.3 Å². The molecule has 23 heavy (non-hydrogen) atoms. The van der Waals surface area contributed by atoms with Gasteiger partial charge in [-0.3, -0.25) is 4.79 Å². The highest BCUT2D eigenvalue weighted by Gasteiger charge is 2.24. The third kappa shape index (κ3) is 3.91. The number of likely N-dealkylation sites (tertiary alicyclic amines) is 1. The molecule has 1 aliphatic heterocycles. The summed E-state index contributed by atoms with van der Waals surface area (Å²) >= 11 is 1.61. The average Bonchev–Trinajstić information content (AvgIpc) is 2.98. The number of thiazole rings is 1. The van der Waals surface area contributed by atoms with Gasteiger partial charge >= 0.3 is 0 Å².